The van der Waals surface area contributed by atoms with Crippen molar-refractivity contribution in [2.45, 2.75) is 25.7 Å². The van der Waals surface area contributed by atoms with Gasteiger partial charge in [0.25, 0.3) is 0 Å². The molecule has 0 spiro atoms. The highest BCUT2D eigenvalue weighted by atomic mass is 35.5. The molecule has 0 aliphatic rings. The van der Waals surface area contributed by atoms with Crippen molar-refractivity contribution in [3.05, 3.63) is 52.5 Å². The summed E-state index contributed by atoms with van der Waals surface area (Å²) < 4.78 is 37.4. The van der Waals surface area contributed by atoms with E-state index in [0.717, 1.165) is 5.56 Å². The van der Waals surface area contributed by atoms with Gasteiger partial charge >= 0.3 is 5.97 Å². The van der Waals surface area contributed by atoms with Crippen LogP contribution in [0.3, 0.4) is 0 Å². The van der Waals surface area contributed by atoms with Gasteiger partial charge in [-0.2, -0.15) is 4.31 Å². The van der Waals surface area contributed by atoms with E-state index in [9.17, 15) is 13.2 Å². The molecule has 0 atom stereocenters. The summed E-state index contributed by atoms with van der Waals surface area (Å²) in [5, 5.41) is 0.0476. The van der Waals surface area contributed by atoms with E-state index in [1.807, 2.05) is 6.92 Å². The number of carbonyl (C=O) groups excluding carboxylic acids is 1. The zero-order chi connectivity index (χ0) is 20.2. The van der Waals surface area contributed by atoms with Crippen LogP contribution in [0.4, 0.5) is 0 Å². The summed E-state index contributed by atoms with van der Waals surface area (Å²) >= 11 is 6.09. The van der Waals surface area contributed by atoms with Crippen LogP contribution in [-0.4, -0.2) is 38.9 Å². The van der Waals surface area contributed by atoms with E-state index in [1.54, 1.807) is 32.0 Å². The lowest BCUT2D eigenvalue weighted by Gasteiger charge is -2.19. The van der Waals surface area contributed by atoms with Gasteiger partial charge in [-0.05, 0) is 42.8 Å². The van der Waals surface area contributed by atoms with Crippen LogP contribution in [0.1, 0.15) is 29.8 Å². The van der Waals surface area contributed by atoms with Gasteiger partial charge < -0.3 is 9.47 Å². The number of hydrogen-bond donors (Lipinski definition) is 0. The van der Waals surface area contributed by atoms with E-state index in [2.05, 4.69) is 0 Å². The van der Waals surface area contributed by atoms with Gasteiger partial charge in [-0.15, -0.1) is 0 Å². The van der Waals surface area contributed by atoms with Gasteiger partial charge in [-0.3, -0.25) is 0 Å². The van der Waals surface area contributed by atoms with Gasteiger partial charge in [0.05, 0.1) is 17.7 Å². The number of sulfonamides is 1. The van der Waals surface area contributed by atoms with Crippen LogP contribution >= 0.6 is 11.6 Å². The highest BCUT2D eigenvalue weighted by Gasteiger charge is 2.26. The molecule has 2 aromatic carbocycles. The smallest absolute Gasteiger partial charge is 0.343 e. The topological polar surface area (TPSA) is 72.9 Å². The first-order chi connectivity index (χ1) is 12.7. The van der Waals surface area contributed by atoms with Crippen molar-refractivity contribution < 1.29 is 22.7 Å². The quantitative estimate of drug-likeness (QED) is 0.510. The molecule has 6 nitrogen and oxygen atoms in total. The van der Waals surface area contributed by atoms with Crippen molar-refractivity contribution in [1.82, 2.24) is 4.31 Å². The predicted molar refractivity (Wildman–Crippen MR) is 104 cm³/mol. The van der Waals surface area contributed by atoms with Crippen molar-refractivity contribution >= 4 is 27.6 Å². The average molecular weight is 412 g/mol. The third-order valence-corrected chi connectivity index (χ3v) is 6.54. The molecule has 0 N–H and O–H groups in total. The van der Waals surface area contributed by atoms with Crippen LogP contribution in [-0.2, 0) is 10.0 Å². The maximum atomic E-state index is 12.8. The van der Waals surface area contributed by atoms with E-state index >= 15 is 0 Å². The Labute approximate surface area is 164 Å². The van der Waals surface area contributed by atoms with E-state index in [4.69, 9.17) is 21.1 Å². The number of esters is 1. The highest BCUT2D eigenvalue weighted by molar-refractivity contribution is 7.89. The SMILES string of the molecule is CCN(CC)S(=O)(=O)c1cc(C(=O)Oc2ccc(C)cc2OC)ccc1Cl. The molecule has 0 aliphatic carbocycles. The number of rotatable bonds is 7. The Bertz CT molecular complexity index is 939. The Morgan fingerprint density at radius 3 is 2.33 bits per heavy atom. The molecule has 0 bridgehead atoms. The van der Waals surface area contributed by atoms with Crippen molar-refractivity contribution in [3.8, 4) is 11.5 Å². The van der Waals surface area contributed by atoms with Gasteiger partial charge in [0.15, 0.2) is 11.5 Å². The first kappa shape index (κ1) is 21.2. The molecule has 2 rings (SSSR count). The monoisotopic (exact) mass is 411 g/mol. The van der Waals surface area contributed by atoms with Crippen LogP contribution in [0.25, 0.3) is 0 Å². The second-order valence-electron chi connectivity index (χ2n) is 5.78. The molecule has 0 unspecified atom stereocenters. The van der Waals surface area contributed by atoms with Gasteiger partial charge in [-0.1, -0.05) is 31.5 Å². The number of halogens is 1. The lowest BCUT2D eigenvalue weighted by molar-refractivity contribution is 0.0729. The van der Waals surface area contributed by atoms with Gasteiger partial charge in [0, 0.05) is 13.1 Å². The fourth-order valence-electron chi connectivity index (χ4n) is 2.55. The van der Waals surface area contributed by atoms with Gasteiger partial charge in [0.1, 0.15) is 4.90 Å². The summed E-state index contributed by atoms with van der Waals surface area (Å²) in [4.78, 5) is 12.4. The third kappa shape index (κ3) is 4.61. The van der Waals surface area contributed by atoms with Crippen molar-refractivity contribution in [3.63, 3.8) is 0 Å². The van der Waals surface area contributed by atoms with E-state index in [1.165, 1.54) is 29.6 Å². The maximum Gasteiger partial charge on any atom is 0.343 e. The molecule has 0 saturated heterocycles. The zero-order valence-corrected chi connectivity index (χ0v) is 17.2. The lowest BCUT2D eigenvalue weighted by atomic mass is 10.2. The summed E-state index contributed by atoms with van der Waals surface area (Å²) in [6, 6.07) is 9.17. The molecule has 0 fully saturated rings. The Morgan fingerprint density at radius 2 is 1.74 bits per heavy atom. The number of hydrogen-bond acceptors (Lipinski definition) is 5. The Balaban J connectivity index is 2.39. The number of carbonyl (C=O) groups is 1. The van der Waals surface area contributed by atoms with E-state index in [0.29, 0.717) is 18.8 Å². The maximum absolute atomic E-state index is 12.8. The van der Waals surface area contributed by atoms with Crippen molar-refractivity contribution in [2.75, 3.05) is 20.2 Å². The summed E-state index contributed by atoms with van der Waals surface area (Å²) in [6.07, 6.45) is 0. The fraction of sp³-hybridized carbons (Fsp3) is 0.316. The minimum absolute atomic E-state index is 0.0476. The minimum atomic E-state index is -3.81. The van der Waals surface area contributed by atoms with E-state index in [-0.39, 0.29) is 21.2 Å². The lowest BCUT2D eigenvalue weighted by Crippen LogP contribution is -2.31. The molecular formula is C19H22ClNO5S. The molecular weight excluding hydrogens is 390 g/mol. The Morgan fingerprint density at radius 1 is 1.07 bits per heavy atom. The predicted octanol–water partition coefficient (Wildman–Crippen LogP) is 3.91. The largest absolute Gasteiger partial charge is 0.493 e. The number of methoxy groups -OCH3 is 1. The molecule has 0 aromatic heterocycles. The molecule has 2 aromatic rings. The number of ether oxygens (including phenoxy) is 2. The first-order valence-electron chi connectivity index (χ1n) is 8.41. The van der Waals surface area contributed by atoms with Crippen LogP contribution in [0.15, 0.2) is 41.3 Å². The summed E-state index contributed by atoms with van der Waals surface area (Å²) in [5.41, 5.74) is 1.03. The summed E-state index contributed by atoms with van der Waals surface area (Å²) in [6.45, 7) is 5.94. The highest BCUT2D eigenvalue weighted by Crippen LogP contribution is 2.30. The molecule has 8 heteroatoms. The van der Waals surface area contributed by atoms with Crippen LogP contribution in [0, 0.1) is 6.92 Å². The van der Waals surface area contributed by atoms with Crippen molar-refractivity contribution in [2.24, 2.45) is 0 Å². The molecule has 0 radical (unpaired) electrons. The van der Waals surface area contributed by atoms with Crippen LogP contribution in [0.5, 0.6) is 11.5 Å². The zero-order valence-electron chi connectivity index (χ0n) is 15.7. The first-order valence-corrected chi connectivity index (χ1v) is 10.2. The average Bonchev–Trinajstić information content (AvgIpc) is 2.64. The number of nitrogens with zero attached hydrogens (tertiary/aromatic N) is 1. The molecule has 0 amide bonds. The van der Waals surface area contributed by atoms with Crippen LogP contribution in [0.2, 0.25) is 5.02 Å². The molecule has 27 heavy (non-hydrogen) atoms. The van der Waals surface area contributed by atoms with Crippen molar-refractivity contribution in [1.29, 1.82) is 0 Å². The summed E-state index contributed by atoms with van der Waals surface area (Å²) in [7, 11) is -2.33. The van der Waals surface area contributed by atoms with Crippen LogP contribution < -0.4 is 9.47 Å². The minimum Gasteiger partial charge on any atom is -0.493 e. The standard InChI is InChI=1S/C19H22ClNO5S/c1-5-21(6-2)27(23,24)18-12-14(8-9-15(18)20)19(22)26-16-10-7-13(3)11-17(16)25-4/h7-12H,5-6H2,1-4H3. The number of aryl methyl sites for hydroxylation is 1. The summed E-state index contributed by atoms with van der Waals surface area (Å²) in [5.74, 6) is -0.0469. The molecule has 0 heterocycles. The second kappa shape index (κ2) is 8.73. The Hall–Kier alpha value is -2.09. The molecule has 146 valence electrons. The van der Waals surface area contributed by atoms with Gasteiger partial charge in [-0.25, -0.2) is 13.2 Å². The Kier molecular flexibility index (Phi) is 6.86. The normalized spacial score (nSPS) is 11.5. The fourth-order valence-corrected chi connectivity index (χ4v) is 4.51. The third-order valence-electron chi connectivity index (χ3n) is 4.01. The van der Waals surface area contributed by atoms with Gasteiger partial charge in [0.2, 0.25) is 10.0 Å². The van der Waals surface area contributed by atoms with E-state index < -0.39 is 16.0 Å². The second-order valence-corrected chi connectivity index (χ2v) is 8.09. The molecule has 0 aliphatic heterocycles. The molecule has 0 saturated carbocycles. The number of benzene rings is 2.